The van der Waals surface area contributed by atoms with Crippen LogP contribution in [0.5, 0.6) is 0 Å². The molecule has 0 aliphatic carbocycles. The minimum atomic E-state index is -0.833. The summed E-state index contributed by atoms with van der Waals surface area (Å²) in [6.07, 6.45) is 5.17. The first-order valence-corrected chi connectivity index (χ1v) is 9.15. The summed E-state index contributed by atoms with van der Waals surface area (Å²) in [5.41, 5.74) is 7.08. The molecule has 2 aromatic heterocycles. The first-order valence-electron chi connectivity index (χ1n) is 9.15. The highest BCUT2D eigenvalue weighted by Crippen LogP contribution is 2.25. The van der Waals surface area contributed by atoms with Gasteiger partial charge in [-0.2, -0.15) is 10.2 Å². The SMILES string of the molecule is NC(=O)C1CC(C(=O)Nc2ccn(Cc3ccncc3)n2)=NN1c1ccc(F)cc1. The van der Waals surface area contributed by atoms with E-state index < -0.39 is 23.7 Å². The van der Waals surface area contributed by atoms with Crippen molar-refractivity contribution in [2.75, 3.05) is 10.3 Å². The topological polar surface area (TPSA) is 118 Å². The van der Waals surface area contributed by atoms with Gasteiger partial charge in [0.25, 0.3) is 5.91 Å². The standard InChI is InChI=1S/C20H18FN7O2/c21-14-1-3-15(4-2-14)28-17(19(22)29)11-16(25-28)20(30)24-18-7-10-27(26-18)12-13-5-8-23-9-6-13/h1-10,17H,11-12H2,(H2,22,29)(H,24,26,30). The Labute approximate surface area is 171 Å². The average Bonchev–Trinajstić information content (AvgIpc) is 3.37. The molecule has 3 aromatic rings. The van der Waals surface area contributed by atoms with Gasteiger partial charge in [0.05, 0.1) is 12.2 Å². The highest BCUT2D eigenvalue weighted by atomic mass is 19.1. The fourth-order valence-corrected chi connectivity index (χ4v) is 3.08. The Hall–Kier alpha value is -4.08. The highest BCUT2D eigenvalue weighted by molar-refractivity contribution is 6.44. The van der Waals surface area contributed by atoms with Gasteiger partial charge in [-0.15, -0.1) is 0 Å². The van der Waals surface area contributed by atoms with Gasteiger partial charge in [-0.25, -0.2) is 4.39 Å². The van der Waals surface area contributed by atoms with Gasteiger partial charge in [0.15, 0.2) is 5.82 Å². The average molecular weight is 407 g/mol. The van der Waals surface area contributed by atoms with Crippen LogP contribution in [0.25, 0.3) is 0 Å². The third-order valence-electron chi connectivity index (χ3n) is 4.57. The minimum Gasteiger partial charge on any atom is -0.368 e. The summed E-state index contributed by atoms with van der Waals surface area (Å²) in [5.74, 6) is -1.18. The van der Waals surface area contributed by atoms with Crippen LogP contribution in [0.1, 0.15) is 12.0 Å². The summed E-state index contributed by atoms with van der Waals surface area (Å²) in [5, 5.41) is 12.6. The quantitative estimate of drug-likeness (QED) is 0.642. The second-order valence-electron chi connectivity index (χ2n) is 6.70. The number of pyridine rings is 1. The first kappa shape index (κ1) is 19.2. The molecular weight excluding hydrogens is 389 g/mol. The fraction of sp³-hybridized carbons (Fsp3) is 0.150. The monoisotopic (exact) mass is 407 g/mol. The van der Waals surface area contributed by atoms with Crippen LogP contribution in [0.3, 0.4) is 0 Å². The summed E-state index contributed by atoms with van der Waals surface area (Å²) >= 11 is 0. The molecule has 1 aliphatic heterocycles. The number of anilines is 2. The van der Waals surface area contributed by atoms with Crippen molar-refractivity contribution in [2.24, 2.45) is 10.8 Å². The molecule has 2 amide bonds. The van der Waals surface area contributed by atoms with Gasteiger partial charge in [0.2, 0.25) is 5.91 Å². The van der Waals surface area contributed by atoms with E-state index in [9.17, 15) is 14.0 Å². The molecule has 1 aromatic carbocycles. The van der Waals surface area contributed by atoms with Crippen LogP contribution in [-0.4, -0.2) is 38.3 Å². The normalized spacial score (nSPS) is 15.7. The van der Waals surface area contributed by atoms with E-state index in [4.69, 9.17) is 5.73 Å². The third-order valence-corrected chi connectivity index (χ3v) is 4.57. The van der Waals surface area contributed by atoms with E-state index in [-0.39, 0.29) is 12.1 Å². The fourth-order valence-electron chi connectivity index (χ4n) is 3.08. The van der Waals surface area contributed by atoms with Gasteiger partial charge >= 0.3 is 0 Å². The molecule has 3 N–H and O–H groups in total. The summed E-state index contributed by atoms with van der Waals surface area (Å²) in [6, 6.07) is 10.0. The molecular formula is C20H18FN7O2. The first-order chi connectivity index (χ1) is 14.5. The molecule has 1 unspecified atom stereocenters. The van der Waals surface area contributed by atoms with E-state index in [2.05, 4.69) is 20.5 Å². The molecule has 10 heteroatoms. The van der Waals surface area contributed by atoms with E-state index in [1.165, 1.54) is 29.3 Å². The Bertz CT molecular complexity index is 1100. The van der Waals surface area contributed by atoms with E-state index in [1.807, 2.05) is 12.1 Å². The van der Waals surface area contributed by atoms with Gasteiger partial charge in [0.1, 0.15) is 17.6 Å². The molecule has 0 spiro atoms. The summed E-state index contributed by atoms with van der Waals surface area (Å²) in [7, 11) is 0. The number of aromatic nitrogens is 3. The molecule has 9 nitrogen and oxygen atoms in total. The molecule has 0 saturated heterocycles. The smallest absolute Gasteiger partial charge is 0.273 e. The van der Waals surface area contributed by atoms with Crippen molar-refractivity contribution in [3.05, 3.63) is 72.4 Å². The largest absolute Gasteiger partial charge is 0.368 e. The Morgan fingerprint density at radius 3 is 2.57 bits per heavy atom. The zero-order chi connectivity index (χ0) is 21.1. The maximum absolute atomic E-state index is 13.2. The van der Waals surface area contributed by atoms with Crippen molar-refractivity contribution in [2.45, 2.75) is 19.0 Å². The number of hydrogen-bond acceptors (Lipinski definition) is 6. The summed E-state index contributed by atoms with van der Waals surface area (Å²) in [6.45, 7) is 0.529. The molecule has 0 fully saturated rings. The van der Waals surface area contributed by atoms with Gasteiger partial charge in [-0.05, 0) is 42.0 Å². The lowest BCUT2D eigenvalue weighted by Gasteiger charge is -2.20. The number of rotatable bonds is 6. The second kappa shape index (κ2) is 8.11. The van der Waals surface area contributed by atoms with Crippen LogP contribution in [0.15, 0.2) is 66.2 Å². The molecule has 0 bridgehead atoms. The number of nitrogens with zero attached hydrogens (tertiary/aromatic N) is 5. The van der Waals surface area contributed by atoms with Gasteiger partial charge < -0.3 is 11.1 Å². The molecule has 4 rings (SSSR count). The molecule has 3 heterocycles. The lowest BCUT2D eigenvalue weighted by Crippen LogP contribution is -2.39. The summed E-state index contributed by atoms with van der Waals surface area (Å²) < 4.78 is 14.9. The van der Waals surface area contributed by atoms with Gasteiger partial charge in [-0.3, -0.25) is 24.3 Å². The van der Waals surface area contributed by atoms with E-state index in [1.54, 1.807) is 29.3 Å². The Morgan fingerprint density at radius 2 is 1.87 bits per heavy atom. The maximum atomic E-state index is 13.2. The van der Waals surface area contributed by atoms with Crippen LogP contribution in [0, 0.1) is 5.82 Å². The number of nitrogens with two attached hydrogens (primary N) is 1. The van der Waals surface area contributed by atoms with Crippen LogP contribution in [0.4, 0.5) is 15.9 Å². The predicted octanol–water partition coefficient (Wildman–Crippen LogP) is 1.52. The lowest BCUT2D eigenvalue weighted by molar-refractivity contribution is -0.119. The van der Waals surface area contributed by atoms with Crippen molar-refractivity contribution in [1.29, 1.82) is 0 Å². The number of benzene rings is 1. The Balaban J connectivity index is 1.47. The van der Waals surface area contributed by atoms with Crippen molar-refractivity contribution >= 4 is 29.0 Å². The number of amides is 2. The molecule has 30 heavy (non-hydrogen) atoms. The van der Waals surface area contributed by atoms with E-state index in [0.29, 0.717) is 18.1 Å². The Morgan fingerprint density at radius 1 is 1.13 bits per heavy atom. The van der Waals surface area contributed by atoms with Gasteiger partial charge in [0, 0.05) is 31.1 Å². The number of carbonyl (C=O) groups excluding carboxylic acids is 2. The van der Waals surface area contributed by atoms with E-state index in [0.717, 1.165) is 5.56 Å². The Kier molecular flexibility index (Phi) is 5.21. The molecule has 152 valence electrons. The second-order valence-corrected chi connectivity index (χ2v) is 6.70. The molecule has 1 aliphatic rings. The maximum Gasteiger partial charge on any atom is 0.273 e. The number of hydrogen-bond donors (Lipinski definition) is 2. The zero-order valence-electron chi connectivity index (χ0n) is 15.8. The van der Waals surface area contributed by atoms with Crippen LogP contribution >= 0.6 is 0 Å². The van der Waals surface area contributed by atoms with Crippen molar-refractivity contribution in [1.82, 2.24) is 14.8 Å². The van der Waals surface area contributed by atoms with Crippen LogP contribution in [0.2, 0.25) is 0 Å². The molecule has 0 radical (unpaired) electrons. The zero-order valence-corrected chi connectivity index (χ0v) is 15.8. The number of primary amides is 1. The van der Waals surface area contributed by atoms with Crippen molar-refractivity contribution in [3.8, 4) is 0 Å². The van der Waals surface area contributed by atoms with Gasteiger partial charge in [-0.1, -0.05) is 0 Å². The summed E-state index contributed by atoms with van der Waals surface area (Å²) in [4.78, 5) is 28.5. The third kappa shape index (κ3) is 4.17. The van der Waals surface area contributed by atoms with Crippen molar-refractivity contribution < 1.29 is 14.0 Å². The predicted molar refractivity (Wildman–Crippen MR) is 108 cm³/mol. The highest BCUT2D eigenvalue weighted by Gasteiger charge is 2.35. The van der Waals surface area contributed by atoms with E-state index >= 15 is 0 Å². The molecule has 0 saturated carbocycles. The number of nitrogens with one attached hydrogen (secondary N) is 1. The number of hydrazone groups is 1. The number of carbonyl (C=O) groups is 2. The lowest BCUT2D eigenvalue weighted by atomic mass is 10.1. The minimum absolute atomic E-state index is 0.0380. The number of halogens is 1. The van der Waals surface area contributed by atoms with Crippen LogP contribution < -0.4 is 16.1 Å². The van der Waals surface area contributed by atoms with Crippen LogP contribution in [-0.2, 0) is 16.1 Å². The van der Waals surface area contributed by atoms with Crippen molar-refractivity contribution in [3.63, 3.8) is 0 Å². The molecule has 1 atom stereocenters.